The standard InChI is InChI=1S/C19H35N7/c1-6-25-7-9-26(10-8-25)17-15(20)16(21-13-22-17)23-14-11-18(2,3)24-19(4,5)12-14/h13-14,24H,6-12,20H2,1-5H3,(H,21,22,23). The molecule has 4 N–H and O–H groups in total. The van der Waals surface area contributed by atoms with Crippen LogP contribution in [0.4, 0.5) is 17.3 Å². The minimum absolute atomic E-state index is 0.0838. The van der Waals surface area contributed by atoms with E-state index in [9.17, 15) is 0 Å². The SMILES string of the molecule is CCN1CCN(c2ncnc(NC3CC(C)(C)NC(C)(C)C3)c2N)CC1. The molecule has 2 saturated heterocycles. The Kier molecular flexibility index (Phi) is 5.30. The Labute approximate surface area is 157 Å². The summed E-state index contributed by atoms with van der Waals surface area (Å²) in [7, 11) is 0. The molecule has 1 aromatic heterocycles. The number of nitrogen functional groups attached to an aromatic ring is 1. The maximum atomic E-state index is 6.48. The molecule has 1 aromatic rings. The van der Waals surface area contributed by atoms with E-state index in [2.05, 4.69) is 65.0 Å². The van der Waals surface area contributed by atoms with Gasteiger partial charge in [-0.1, -0.05) is 6.92 Å². The molecule has 0 atom stereocenters. The van der Waals surface area contributed by atoms with Crippen LogP contribution in [0.3, 0.4) is 0 Å². The molecule has 3 heterocycles. The summed E-state index contributed by atoms with van der Waals surface area (Å²) < 4.78 is 0. The highest BCUT2D eigenvalue weighted by atomic mass is 15.3. The summed E-state index contributed by atoms with van der Waals surface area (Å²) in [6, 6.07) is 0.336. The largest absolute Gasteiger partial charge is 0.393 e. The number of nitrogens with two attached hydrogens (primary N) is 1. The number of nitrogens with one attached hydrogen (secondary N) is 2. The third-order valence-corrected chi connectivity index (χ3v) is 5.51. The topological polar surface area (TPSA) is 82.3 Å². The second-order valence-corrected chi connectivity index (χ2v) is 9.02. The molecule has 146 valence electrons. The van der Waals surface area contributed by atoms with E-state index in [1.807, 2.05) is 0 Å². The van der Waals surface area contributed by atoms with Gasteiger partial charge >= 0.3 is 0 Å². The van der Waals surface area contributed by atoms with Crippen molar-refractivity contribution in [2.24, 2.45) is 0 Å². The molecule has 2 aliphatic rings. The van der Waals surface area contributed by atoms with Crippen molar-refractivity contribution >= 4 is 17.3 Å². The van der Waals surface area contributed by atoms with Gasteiger partial charge in [-0.05, 0) is 47.1 Å². The van der Waals surface area contributed by atoms with Gasteiger partial charge in [0.2, 0.25) is 0 Å². The Hall–Kier alpha value is -1.60. The van der Waals surface area contributed by atoms with Crippen LogP contribution >= 0.6 is 0 Å². The summed E-state index contributed by atoms with van der Waals surface area (Å²) in [6.07, 6.45) is 3.70. The lowest BCUT2D eigenvalue weighted by atomic mass is 9.79. The number of nitrogens with zero attached hydrogens (tertiary/aromatic N) is 4. The van der Waals surface area contributed by atoms with Gasteiger partial charge in [0, 0.05) is 43.3 Å². The highest BCUT2D eigenvalue weighted by Gasteiger charge is 2.38. The van der Waals surface area contributed by atoms with Gasteiger partial charge in [0.25, 0.3) is 0 Å². The molecule has 0 saturated carbocycles. The predicted molar refractivity (Wildman–Crippen MR) is 109 cm³/mol. The van der Waals surface area contributed by atoms with Gasteiger partial charge in [0.1, 0.15) is 12.0 Å². The molecule has 0 aromatic carbocycles. The summed E-state index contributed by atoms with van der Waals surface area (Å²) in [4.78, 5) is 13.7. The molecule has 2 fully saturated rings. The number of aromatic nitrogens is 2. The first-order chi connectivity index (χ1) is 12.2. The van der Waals surface area contributed by atoms with Crippen LogP contribution in [0.15, 0.2) is 6.33 Å². The van der Waals surface area contributed by atoms with Crippen molar-refractivity contribution in [3.05, 3.63) is 6.33 Å². The molecule has 7 nitrogen and oxygen atoms in total. The Balaban J connectivity index is 1.73. The Morgan fingerprint density at radius 2 is 1.73 bits per heavy atom. The summed E-state index contributed by atoms with van der Waals surface area (Å²) in [5, 5.41) is 7.32. The van der Waals surface area contributed by atoms with Gasteiger partial charge in [-0.15, -0.1) is 0 Å². The smallest absolute Gasteiger partial charge is 0.157 e. The van der Waals surface area contributed by atoms with Gasteiger partial charge in [-0.2, -0.15) is 0 Å². The zero-order valence-electron chi connectivity index (χ0n) is 17.0. The molecule has 0 aliphatic carbocycles. The highest BCUT2D eigenvalue weighted by Crippen LogP contribution is 2.33. The fraction of sp³-hybridized carbons (Fsp3) is 0.789. The van der Waals surface area contributed by atoms with Gasteiger partial charge in [0.15, 0.2) is 11.6 Å². The molecule has 0 radical (unpaired) electrons. The van der Waals surface area contributed by atoms with E-state index in [0.717, 1.165) is 57.2 Å². The van der Waals surface area contributed by atoms with Crippen LogP contribution in [0, 0.1) is 0 Å². The molecular weight excluding hydrogens is 326 g/mol. The molecule has 3 rings (SSSR count). The number of hydrogen-bond acceptors (Lipinski definition) is 7. The van der Waals surface area contributed by atoms with Crippen molar-refractivity contribution in [1.29, 1.82) is 0 Å². The van der Waals surface area contributed by atoms with Crippen molar-refractivity contribution in [3.8, 4) is 0 Å². The van der Waals surface area contributed by atoms with Crippen LogP contribution in [0.1, 0.15) is 47.5 Å². The molecule has 0 spiro atoms. The van der Waals surface area contributed by atoms with Gasteiger partial charge in [-0.3, -0.25) is 0 Å². The molecule has 26 heavy (non-hydrogen) atoms. The van der Waals surface area contributed by atoms with Crippen LogP contribution in [0.2, 0.25) is 0 Å². The second kappa shape index (κ2) is 7.19. The maximum absolute atomic E-state index is 6.48. The zero-order valence-corrected chi connectivity index (χ0v) is 17.0. The minimum Gasteiger partial charge on any atom is -0.393 e. The minimum atomic E-state index is 0.0838. The lowest BCUT2D eigenvalue weighted by Crippen LogP contribution is -2.60. The van der Waals surface area contributed by atoms with E-state index in [1.54, 1.807) is 6.33 Å². The maximum Gasteiger partial charge on any atom is 0.157 e. The first-order valence-corrected chi connectivity index (χ1v) is 9.83. The zero-order chi connectivity index (χ0) is 18.9. The lowest BCUT2D eigenvalue weighted by molar-refractivity contribution is 0.170. The van der Waals surface area contributed by atoms with Crippen molar-refractivity contribution in [2.45, 2.75) is 64.6 Å². The number of rotatable bonds is 4. The first kappa shape index (κ1) is 19.2. The number of anilines is 3. The van der Waals surface area contributed by atoms with Crippen LogP contribution in [0.5, 0.6) is 0 Å². The quantitative estimate of drug-likeness (QED) is 0.756. The van der Waals surface area contributed by atoms with E-state index in [1.165, 1.54) is 0 Å². The fourth-order valence-electron chi connectivity index (χ4n) is 4.65. The van der Waals surface area contributed by atoms with Gasteiger partial charge in [-0.25, -0.2) is 9.97 Å². The van der Waals surface area contributed by atoms with Crippen molar-refractivity contribution in [2.75, 3.05) is 48.7 Å². The third-order valence-electron chi connectivity index (χ3n) is 5.51. The number of piperidine rings is 1. The number of piperazine rings is 1. The molecule has 7 heteroatoms. The molecule has 2 aliphatic heterocycles. The lowest BCUT2D eigenvalue weighted by Gasteiger charge is -2.46. The Morgan fingerprint density at radius 3 is 2.31 bits per heavy atom. The Morgan fingerprint density at radius 1 is 1.12 bits per heavy atom. The summed E-state index contributed by atoms with van der Waals surface area (Å²) in [6.45, 7) is 16.4. The summed E-state index contributed by atoms with van der Waals surface area (Å²) in [5.74, 6) is 1.64. The second-order valence-electron chi connectivity index (χ2n) is 9.02. The van der Waals surface area contributed by atoms with Gasteiger partial charge < -0.3 is 26.2 Å². The molecule has 0 bridgehead atoms. The highest BCUT2D eigenvalue weighted by molar-refractivity contribution is 5.75. The molecular formula is C19H35N7. The number of hydrogen-bond donors (Lipinski definition) is 3. The predicted octanol–water partition coefficient (Wildman–Crippen LogP) is 1.92. The third kappa shape index (κ3) is 4.38. The van der Waals surface area contributed by atoms with E-state index in [-0.39, 0.29) is 11.1 Å². The first-order valence-electron chi connectivity index (χ1n) is 9.83. The number of likely N-dealkylation sites (N-methyl/N-ethyl adjacent to an activating group) is 1. The van der Waals surface area contributed by atoms with Crippen molar-refractivity contribution < 1.29 is 0 Å². The summed E-state index contributed by atoms with van der Waals surface area (Å²) in [5.41, 5.74) is 7.32. The van der Waals surface area contributed by atoms with Crippen LogP contribution in [-0.2, 0) is 0 Å². The summed E-state index contributed by atoms with van der Waals surface area (Å²) >= 11 is 0. The van der Waals surface area contributed by atoms with E-state index in [4.69, 9.17) is 5.73 Å². The van der Waals surface area contributed by atoms with Crippen LogP contribution in [-0.4, -0.2) is 64.7 Å². The normalized spacial score (nSPS) is 23.8. The molecule has 0 unspecified atom stereocenters. The van der Waals surface area contributed by atoms with Crippen molar-refractivity contribution in [1.82, 2.24) is 20.2 Å². The van der Waals surface area contributed by atoms with Crippen LogP contribution in [0.25, 0.3) is 0 Å². The van der Waals surface area contributed by atoms with E-state index >= 15 is 0 Å². The van der Waals surface area contributed by atoms with Crippen LogP contribution < -0.4 is 21.3 Å². The monoisotopic (exact) mass is 361 g/mol. The fourth-order valence-corrected chi connectivity index (χ4v) is 4.65. The molecule has 0 amide bonds. The average Bonchev–Trinajstić information content (AvgIpc) is 2.54. The van der Waals surface area contributed by atoms with E-state index in [0.29, 0.717) is 11.7 Å². The van der Waals surface area contributed by atoms with E-state index < -0.39 is 0 Å². The average molecular weight is 362 g/mol. The van der Waals surface area contributed by atoms with Gasteiger partial charge in [0.05, 0.1) is 0 Å². The Bertz CT molecular complexity index is 604. The van der Waals surface area contributed by atoms with Crippen molar-refractivity contribution in [3.63, 3.8) is 0 Å².